The van der Waals surface area contributed by atoms with Crippen LogP contribution >= 0.6 is 0 Å². The zero-order valence-electron chi connectivity index (χ0n) is 16.1. The molecule has 1 amide bonds. The summed E-state index contributed by atoms with van der Waals surface area (Å²) >= 11 is 0. The number of carbonyl (C=O) groups excluding carboxylic acids is 1. The van der Waals surface area contributed by atoms with E-state index >= 15 is 0 Å². The lowest BCUT2D eigenvalue weighted by Gasteiger charge is -2.21. The first-order chi connectivity index (χ1) is 14.0. The maximum atomic E-state index is 13.6. The molecule has 29 heavy (non-hydrogen) atoms. The molecule has 1 aromatic heterocycles. The summed E-state index contributed by atoms with van der Waals surface area (Å²) in [6, 6.07) is 12.1. The van der Waals surface area contributed by atoms with Gasteiger partial charge >= 0.3 is 0 Å². The topological polar surface area (TPSA) is 78.1 Å². The number of halogens is 1. The number of benzene rings is 2. The van der Waals surface area contributed by atoms with E-state index in [0.29, 0.717) is 40.1 Å². The van der Waals surface area contributed by atoms with Gasteiger partial charge in [0.05, 0.1) is 10.9 Å². The van der Waals surface area contributed by atoms with Crippen LogP contribution in [0, 0.1) is 23.6 Å². The fourth-order valence-corrected chi connectivity index (χ4v) is 5.26. The van der Waals surface area contributed by atoms with Crippen molar-refractivity contribution in [3.63, 3.8) is 0 Å². The minimum absolute atomic E-state index is 0.0706. The molecule has 1 heterocycles. The highest BCUT2D eigenvalue weighted by Crippen LogP contribution is 2.63. The summed E-state index contributed by atoms with van der Waals surface area (Å²) in [5.74, 6) is 1.71. The summed E-state index contributed by atoms with van der Waals surface area (Å²) in [5, 5.41) is 0.605. The van der Waals surface area contributed by atoms with Crippen molar-refractivity contribution in [1.29, 1.82) is 0 Å². The Morgan fingerprint density at radius 3 is 2.69 bits per heavy atom. The van der Waals surface area contributed by atoms with Crippen LogP contribution in [0.1, 0.15) is 41.6 Å². The van der Waals surface area contributed by atoms with E-state index in [0.717, 1.165) is 18.4 Å². The number of hydrogen-bond donors (Lipinski definition) is 1. The second-order valence-electron chi connectivity index (χ2n) is 8.20. The molecule has 0 aliphatic heterocycles. The molecule has 0 unspecified atom stereocenters. The molecule has 2 saturated carbocycles. The lowest BCUT2D eigenvalue weighted by molar-refractivity contribution is 0.0998. The van der Waals surface area contributed by atoms with Crippen molar-refractivity contribution in [3.05, 3.63) is 65.7 Å². The molecule has 5 rings (SSSR count). The molecule has 2 aliphatic rings. The number of carbonyl (C=O) groups is 1. The van der Waals surface area contributed by atoms with Crippen LogP contribution in [-0.2, 0) is 0 Å². The van der Waals surface area contributed by atoms with Gasteiger partial charge < -0.3 is 10.5 Å². The minimum atomic E-state index is -0.373. The van der Waals surface area contributed by atoms with E-state index < -0.39 is 0 Å². The van der Waals surface area contributed by atoms with E-state index in [-0.39, 0.29) is 23.7 Å². The van der Waals surface area contributed by atoms with E-state index in [1.807, 2.05) is 18.2 Å². The van der Waals surface area contributed by atoms with Gasteiger partial charge in [-0.1, -0.05) is 25.1 Å². The van der Waals surface area contributed by atoms with Crippen LogP contribution in [0.25, 0.3) is 10.9 Å². The molecule has 2 N–H and O–H groups in total. The first-order valence-corrected chi connectivity index (χ1v) is 9.98. The number of amides is 1. The van der Waals surface area contributed by atoms with E-state index in [4.69, 9.17) is 10.5 Å². The van der Waals surface area contributed by atoms with Crippen molar-refractivity contribution in [2.45, 2.75) is 31.8 Å². The highest BCUT2D eigenvalue weighted by molar-refractivity contribution is 5.94. The van der Waals surface area contributed by atoms with Gasteiger partial charge in [-0.15, -0.1) is 0 Å². The SMILES string of the molecule is C[C@H](c1ccccc1C(N)=O)C1[C@H]2CC(Oc3ncnc4ccc(F)cc34)C[C@H]12. The number of hydrogen-bond acceptors (Lipinski definition) is 4. The van der Waals surface area contributed by atoms with Crippen LogP contribution in [0.5, 0.6) is 5.88 Å². The molecule has 3 atom stereocenters. The zero-order chi connectivity index (χ0) is 20.1. The van der Waals surface area contributed by atoms with Gasteiger partial charge in [-0.05, 0) is 66.3 Å². The largest absolute Gasteiger partial charge is 0.474 e. The molecule has 6 heteroatoms. The van der Waals surface area contributed by atoms with Gasteiger partial charge in [0.1, 0.15) is 18.2 Å². The van der Waals surface area contributed by atoms with Crippen LogP contribution in [0.4, 0.5) is 4.39 Å². The Balaban J connectivity index is 1.29. The third-order valence-corrected chi connectivity index (χ3v) is 6.60. The van der Waals surface area contributed by atoms with Crippen LogP contribution in [0.2, 0.25) is 0 Å². The van der Waals surface area contributed by atoms with Crippen LogP contribution in [0.3, 0.4) is 0 Å². The molecule has 0 bridgehead atoms. The predicted molar refractivity (Wildman–Crippen MR) is 107 cm³/mol. The zero-order valence-corrected chi connectivity index (χ0v) is 16.1. The Bertz CT molecular complexity index is 1090. The lowest BCUT2D eigenvalue weighted by Crippen LogP contribution is -2.19. The summed E-state index contributed by atoms with van der Waals surface area (Å²) < 4.78 is 19.8. The summed E-state index contributed by atoms with van der Waals surface area (Å²) in [4.78, 5) is 20.2. The van der Waals surface area contributed by atoms with Crippen LogP contribution in [-0.4, -0.2) is 22.0 Å². The first-order valence-electron chi connectivity index (χ1n) is 9.98. The summed E-state index contributed by atoms with van der Waals surface area (Å²) in [5.41, 5.74) is 7.88. The highest BCUT2D eigenvalue weighted by Gasteiger charge is 2.58. The van der Waals surface area contributed by atoms with Gasteiger partial charge in [0.15, 0.2) is 0 Å². The molecule has 5 nitrogen and oxygen atoms in total. The molecule has 0 saturated heterocycles. The van der Waals surface area contributed by atoms with Crippen molar-refractivity contribution >= 4 is 16.8 Å². The lowest BCUT2D eigenvalue weighted by atomic mass is 9.88. The van der Waals surface area contributed by atoms with Crippen LogP contribution < -0.4 is 10.5 Å². The van der Waals surface area contributed by atoms with Gasteiger partial charge in [-0.3, -0.25) is 4.79 Å². The maximum Gasteiger partial charge on any atom is 0.248 e. The van der Waals surface area contributed by atoms with Gasteiger partial charge in [-0.2, -0.15) is 0 Å². The Labute approximate surface area is 168 Å². The van der Waals surface area contributed by atoms with E-state index in [1.54, 1.807) is 12.1 Å². The average Bonchev–Trinajstić information content (AvgIpc) is 3.22. The number of primary amides is 1. The summed E-state index contributed by atoms with van der Waals surface area (Å²) in [6.45, 7) is 2.18. The van der Waals surface area contributed by atoms with Gasteiger partial charge in [-0.25, -0.2) is 14.4 Å². The Hall–Kier alpha value is -3.02. The number of aromatic nitrogens is 2. The van der Waals surface area contributed by atoms with E-state index in [1.165, 1.54) is 18.5 Å². The first kappa shape index (κ1) is 18.0. The number of rotatable bonds is 5. The quantitative estimate of drug-likeness (QED) is 0.711. The molecule has 2 aliphatic carbocycles. The van der Waals surface area contributed by atoms with Crippen LogP contribution in [0.15, 0.2) is 48.8 Å². The Morgan fingerprint density at radius 2 is 1.93 bits per heavy atom. The van der Waals surface area contributed by atoms with Crippen molar-refractivity contribution in [2.75, 3.05) is 0 Å². The molecule has 2 aromatic carbocycles. The third kappa shape index (κ3) is 3.12. The van der Waals surface area contributed by atoms with Gasteiger partial charge in [0.25, 0.3) is 0 Å². The van der Waals surface area contributed by atoms with Crippen molar-refractivity contribution in [1.82, 2.24) is 9.97 Å². The number of nitrogens with two attached hydrogens (primary N) is 1. The number of ether oxygens (including phenoxy) is 1. The monoisotopic (exact) mass is 391 g/mol. The molecule has 3 aromatic rings. The van der Waals surface area contributed by atoms with E-state index in [9.17, 15) is 9.18 Å². The highest BCUT2D eigenvalue weighted by atomic mass is 19.1. The Morgan fingerprint density at radius 1 is 1.17 bits per heavy atom. The standard InChI is InChI=1S/C23H22FN3O2/c1-12(15-4-2-3-5-16(15)22(25)28)21-17-9-14(10-18(17)21)29-23-19-8-13(24)6-7-20(19)26-11-27-23/h2-8,11-12,14,17-18,21H,9-10H2,1H3,(H2,25,28)/t12-,14?,17+,18+,21?/m1/s1. The van der Waals surface area contributed by atoms with Crippen molar-refractivity contribution in [3.8, 4) is 5.88 Å². The van der Waals surface area contributed by atoms with Gasteiger partial charge in [0, 0.05) is 5.56 Å². The average molecular weight is 391 g/mol. The molecule has 0 spiro atoms. The molecule has 0 radical (unpaired) electrons. The Kier molecular flexibility index (Phi) is 4.23. The number of nitrogens with zero attached hydrogens (tertiary/aromatic N) is 2. The van der Waals surface area contributed by atoms with Crippen molar-refractivity contribution < 1.29 is 13.9 Å². The molecular formula is C23H22FN3O2. The molecule has 2 fully saturated rings. The smallest absolute Gasteiger partial charge is 0.248 e. The predicted octanol–water partition coefficient (Wildman–Crippen LogP) is 4.07. The fraction of sp³-hybridized carbons (Fsp3) is 0.348. The maximum absolute atomic E-state index is 13.6. The van der Waals surface area contributed by atoms with Crippen molar-refractivity contribution in [2.24, 2.45) is 23.5 Å². The second kappa shape index (κ2) is 6.79. The normalized spacial score (nSPS) is 24.3. The fourth-order valence-electron chi connectivity index (χ4n) is 5.26. The third-order valence-electron chi connectivity index (χ3n) is 6.60. The second-order valence-corrected chi connectivity index (χ2v) is 8.20. The number of fused-ring (bicyclic) bond motifs is 2. The molecule has 148 valence electrons. The summed E-state index contributed by atoms with van der Waals surface area (Å²) in [7, 11) is 0. The van der Waals surface area contributed by atoms with E-state index in [2.05, 4.69) is 16.9 Å². The minimum Gasteiger partial charge on any atom is -0.474 e. The molecular weight excluding hydrogens is 369 g/mol. The summed E-state index contributed by atoms with van der Waals surface area (Å²) in [6.07, 6.45) is 3.41. The van der Waals surface area contributed by atoms with Gasteiger partial charge in [0.2, 0.25) is 11.8 Å².